The fourth-order valence-electron chi connectivity index (χ4n) is 1.55. The maximum Gasteiger partial charge on any atom is 0.341 e. The highest BCUT2D eigenvalue weighted by Gasteiger charge is 2.19. The van der Waals surface area contributed by atoms with Crippen LogP contribution in [-0.4, -0.2) is 22.2 Å². The van der Waals surface area contributed by atoms with Gasteiger partial charge in [0.15, 0.2) is 0 Å². The lowest BCUT2D eigenvalue weighted by Crippen LogP contribution is -2.10. The van der Waals surface area contributed by atoms with Gasteiger partial charge in [-0.15, -0.1) is 0 Å². The number of esters is 1. The molecule has 18 heavy (non-hydrogen) atoms. The van der Waals surface area contributed by atoms with E-state index < -0.39 is 11.4 Å². The normalized spacial score (nSPS) is 10.3. The topological polar surface area (TPSA) is 87.4 Å². The largest absolute Gasteiger partial charge is 0.462 e. The molecule has 1 N–H and O–H groups in total. The fourth-order valence-corrected chi connectivity index (χ4v) is 1.82. The number of halogens is 1. The van der Waals surface area contributed by atoms with Crippen molar-refractivity contribution in [2.75, 3.05) is 6.61 Å². The van der Waals surface area contributed by atoms with Gasteiger partial charge in [-0.05, 0) is 13.0 Å². The Morgan fingerprint density at radius 2 is 2.39 bits per heavy atom. The molecule has 0 aliphatic carbocycles. The van der Waals surface area contributed by atoms with E-state index >= 15 is 0 Å². The lowest BCUT2D eigenvalue weighted by atomic mass is 10.2. The second-order valence-corrected chi connectivity index (χ2v) is 3.78. The molecule has 7 heteroatoms. The molecule has 0 saturated carbocycles. The monoisotopic (exact) mass is 265 g/mol. The van der Waals surface area contributed by atoms with Crippen LogP contribution in [0.1, 0.15) is 22.8 Å². The first-order valence-electron chi connectivity index (χ1n) is 5.10. The highest BCUT2D eigenvalue weighted by Crippen LogP contribution is 2.20. The Morgan fingerprint density at radius 3 is 3.00 bits per heavy atom. The van der Waals surface area contributed by atoms with Crippen LogP contribution in [0, 0.1) is 11.3 Å². The molecule has 2 aromatic rings. The van der Waals surface area contributed by atoms with Gasteiger partial charge < -0.3 is 4.74 Å². The number of aromatic amines is 1. The molecular weight excluding hydrogens is 258 g/mol. The van der Waals surface area contributed by atoms with E-state index in [0.717, 1.165) is 0 Å². The van der Waals surface area contributed by atoms with E-state index in [1.165, 1.54) is 16.8 Å². The summed E-state index contributed by atoms with van der Waals surface area (Å²) in [6.07, 6.45) is 1.23. The van der Waals surface area contributed by atoms with Crippen molar-refractivity contribution < 1.29 is 9.53 Å². The standard InChI is InChI=1S/C11H8ClN3O3/c1-2-18-11(17)7-3-8-9(16)6(4-13)5-14-15(8)10(7)12/h3,5,14H,2H2,1H3. The van der Waals surface area contributed by atoms with Gasteiger partial charge in [-0.3, -0.25) is 9.89 Å². The van der Waals surface area contributed by atoms with Crippen LogP contribution in [0.25, 0.3) is 5.52 Å². The first-order valence-corrected chi connectivity index (χ1v) is 5.47. The Hall–Kier alpha value is -2.26. The highest BCUT2D eigenvalue weighted by atomic mass is 35.5. The number of carbonyl (C=O) groups is 1. The van der Waals surface area contributed by atoms with E-state index in [9.17, 15) is 9.59 Å². The van der Waals surface area contributed by atoms with E-state index in [1.54, 1.807) is 13.0 Å². The second kappa shape index (κ2) is 4.55. The molecule has 0 aliphatic rings. The van der Waals surface area contributed by atoms with Crippen LogP contribution in [-0.2, 0) is 4.74 Å². The number of nitrogens with one attached hydrogen (secondary N) is 1. The molecule has 2 heterocycles. The summed E-state index contributed by atoms with van der Waals surface area (Å²) in [7, 11) is 0. The Morgan fingerprint density at radius 1 is 1.67 bits per heavy atom. The summed E-state index contributed by atoms with van der Waals surface area (Å²) >= 11 is 5.96. The van der Waals surface area contributed by atoms with E-state index in [2.05, 4.69) is 5.10 Å². The molecule has 0 atom stereocenters. The summed E-state index contributed by atoms with van der Waals surface area (Å²) in [6, 6.07) is 3.06. The third-order valence-corrected chi connectivity index (χ3v) is 2.74. The number of hydrogen-bond donors (Lipinski definition) is 1. The van der Waals surface area contributed by atoms with Crippen LogP contribution in [0.3, 0.4) is 0 Å². The van der Waals surface area contributed by atoms with Gasteiger partial charge in [-0.1, -0.05) is 11.6 Å². The van der Waals surface area contributed by atoms with E-state index in [0.29, 0.717) is 0 Å². The molecule has 0 unspecified atom stereocenters. The van der Waals surface area contributed by atoms with Gasteiger partial charge in [-0.25, -0.2) is 9.31 Å². The first kappa shape index (κ1) is 12.2. The maximum atomic E-state index is 11.8. The molecule has 2 aromatic heterocycles. The van der Waals surface area contributed by atoms with E-state index in [1.807, 2.05) is 0 Å². The average Bonchev–Trinajstić information content (AvgIpc) is 2.69. The molecule has 6 nitrogen and oxygen atoms in total. The van der Waals surface area contributed by atoms with Gasteiger partial charge in [0.1, 0.15) is 22.3 Å². The van der Waals surface area contributed by atoms with Gasteiger partial charge >= 0.3 is 5.97 Å². The van der Waals surface area contributed by atoms with Crippen molar-refractivity contribution in [3.8, 4) is 6.07 Å². The lowest BCUT2D eigenvalue weighted by molar-refractivity contribution is 0.0526. The Labute approximate surface area is 106 Å². The fraction of sp³-hybridized carbons (Fsp3) is 0.182. The predicted octanol–water partition coefficient (Wildman–Crippen LogP) is 1.33. The smallest absolute Gasteiger partial charge is 0.341 e. The minimum Gasteiger partial charge on any atom is -0.462 e. The molecule has 0 amide bonds. The molecular formula is C11H8ClN3O3. The van der Waals surface area contributed by atoms with Gasteiger partial charge in [0.2, 0.25) is 5.43 Å². The zero-order valence-electron chi connectivity index (χ0n) is 9.36. The van der Waals surface area contributed by atoms with Crippen molar-refractivity contribution in [2.45, 2.75) is 6.92 Å². The zero-order chi connectivity index (χ0) is 13.3. The summed E-state index contributed by atoms with van der Waals surface area (Å²) in [4.78, 5) is 23.4. The number of carbonyl (C=O) groups excluding carboxylic acids is 1. The second-order valence-electron chi connectivity index (χ2n) is 3.42. The van der Waals surface area contributed by atoms with Gasteiger partial charge in [-0.2, -0.15) is 5.26 Å². The molecule has 0 bridgehead atoms. The van der Waals surface area contributed by atoms with Crippen LogP contribution >= 0.6 is 11.6 Å². The number of rotatable bonds is 2. The lowest BCUT2D eigenvalue weighted by Gasteiger charge is -1.99. The average molecular weight is 266 g/mol. The van der Waals surface area contributed by atoms with Crippen LogP contribution in [0.2, 0.25) is 5.15 Å². The molecule has 92 valence electrons. The SMILES string of the molecule is CCOC(=O)c1cc2c(=O)c(C#N)c[nH]n2c1Cl. The Balaban J connectivity index is 2.71. The van der Waals surface area contributed by atoms with Crippen molar-refractivity contribution >= 4 is 23.1 Å². The van der Waals surface area contributed by atoms with Crippen molar-refractivity contribution in [2.24, 2.45) is 0 Å². The molecule has 0 aromatic carbocycles. The zero-order valence-corrected chi connectivity index (χ0v) is 10.1. The Kier molecular flexibility index (Phi) is 3.08. The molecule has 0 spiro atoms. The number of nitrogens with zero attached hydrogens (tertiary/aromatic N) is 2. The molecule has 2 rings (SSSR count). The van der Waals surface area contributed by atoms with Crippen LogP contribution in [0.4, 0.5) is 0 Å². The molecule has 0 radical (unpaired) electrons. The van der Waals surface area contributed by atoms with Gasteiger partial charge in [0.25, 0.3) is 0 Å². The summed E-state index contributed by atoms with van der Waals surface area (Å²) in [5.41, 5.74) is -0.329. The number of nitriles is 1. The first-order chi connectivity index (χ1) is 8.60. The van der Waals surface area contributed by atoms with E-state index in [4.69, 9.17) is 21.6 Å². The van der Waals surface area contributed by atoms with Crippen LogP contribution < -0.4 is 5.43 Å². The summed E-state index contributed by atoms with van der Waals surface area (Å²) in [6.45, 7) is 1.87. The maximum absolute atomic E-state index is 11.8. The molecule has 0 aliphatic heterocycles. The van der Waals surface area contributed by atoms with Crippen LogP contribution in [0.15, 0.2) is 17.1 Å². The summed E-state index contributed by atoms with van der Waals surface area (Å²) in [5, 5.41) is 11.4. The minimum atomic E-state index is -0.613. The third kappa shape index (κ3) is 1.75. The molecule has 0 fully saturated rings. The highest BCUT2D eigenvalue weighted by molar-refractivity contribution is 6.33. The minimum absolute atomic E-state index is 0.0463. The summed E-state index contributed by atoms with van der Waals surface area (Å²) in [5.74, 6) is -0.613. The van der Waals surface area contributed by atoms with E-state index in [-0.39, 0.29) is 28.4 Å². The number of fused-ring (bicyclic) bond motifs is 1. The van der Waals surface area contributed by atoms with Crippen LogP contribution in [0.5, 0.6) is 0 Å². The Bertz CT molecular complexity index is 723. The molecule has 0 saturated heterocycles. The number of hydrogen-bond acceptors (Lipinski definition) is 4. The number of aromatic nitrogens is 2. The van der Waals surface area contributed by atoms with Crippen molar-refractivity contribution in [1.82, 2.24) is 9.61 Å². The predicted molar refractivity (Wildman–Crippen MR) is 63.7 cm³/mol. The number of H-pyrrole nitrogens is 1. The summed E-state index contributed by atoms with van der Waals surface area (Å²) < 4.78 is 6.05. The third-order valence-electron chi connectivity index (χ3n) is 2.37. The van der Waals surface area contributed by atoms with Crippen molar-refractivity contribution in [3.05, 3.63) is 38.8 Å². The quantitative estimate of drug-likeness (QED) is 0.830. The van der Waals surface area contributed by atoms with Crippen molar-refractivity contribution in [1.29, 1.82) is 5.26 Å². The number of ether oxygens (including phenoxy) is 1. The van der Waals surface area contributed by atoms with Gasteiger partial charge in [0.05, 0.1) is 12.2 Å². The van der Waals surface area contributed by atoms with Gasteiger partial charge in [0, 0.05) is 6.20 Å². The van der Waals surface area contributed by atoms with Crippen molar-refractivity contribution in [3.63, 3.8) is 0 Å².